The number of thiazole rings is 1. The number of nitrogens with zero attached hydrogens (tertiary/aromatic N) is 1. The first-order chi connectivity index (χ1) is 8.16. The van der Waals surface area contributed by atoms with Gasteiger partial charge in [0.25, 0.3) is 0 Å². The van der Waals surface area contributed by atoms with E-state index in [0.717, 1.165) is 17.1 Å². The van der Waals surface area contributed by atoms with E-state index in [1.54, 1.807) is 11.3 Å². The van der Waals surface area contributed by atoms with Gasteiger partial charge < -0.3 is 4.74 Å². The van der Waals surface area contributed by atoms with Crippen LogP contribution in [0.4, 0.5) is 0 Å². The molecule has 0 saturated carbocycles. The fourth-order valence-corrected chi connectivity index (χ4v) is 2.81. The van der Waals surface area contributed by atoms with Crippen molar-refractivity contribution < 1.29 is 9.53 Å². The second-order valence-corrected chi connectivity index (χ2v) is 7.15. The maximum absolute atomic E-state index is 11.9. The van der Waals surface area contributed by atoms with E-state index in [2.05, 4.69) is 25.8 Å². The SMILES string of the molecule is CCOC(=O)C(C)(C)c1csc(CC(C)(C)C)n1. The third kappa shape index (κ3) is 3.80. The summed E-state index contributed by atoms with van der Waals surface area (Å²) < 4.78 is 5.10. The van der Waals surface area contributed by atoms with Crippen molar-refractivity contribution in [3.8, 4) is 0 Å². The highest BCUT2D eigenvalue weighted by atomic mass is 32.1. The van der Waals surface area contributed by atoms with Crippen LogP contribution in [0.3, 0.4) is 0 Å². The minimum Gasteiger partial charge on any atom is -0.465 e. The van der Waals surface area contributed by atoms with Gasteiger partial charge in [0, 0.05) is 11.8 Å². The normalized spacial score (nSPS) is 12.6. The highest BCUT2D eigenvalue weighted by Crippen LogP contribution is 2.29. The van der Waals surface area contributed by atoms with Gasteiger partial charge >= 0.3 is 5.97 Å². The number of aromatic nitrogens is 1. The predicted octanol–water partition coefficient (Wildman–Crippen LogP) is 3.57. The average Bonchev–Trinajstić information content (AvgIpc) is 2.64. The topological polar surface area (TPSA) is 39.2 Å². The fraction of sp³-hybridized carbons (Fsp3) is 0.714. The second-order valence-electron chi connectivity index (χ2n) is 6.21. The summed E-state index contributed by atoms with van der Waals surface area (Å²) in [6.45, 7) is 12.5. The molecule has 0 atom stereocenters. The van der Waals surface area contributed by atoms with E-state index >= 15 is 0 Å². The van der Waals surface area contributed by atoms with Crippen LogP contribution >= 0.6 is 11.3 Å². The lowest BCUT2D eigenvalue weighted by molar-refractivity contribution is -0.148. The standard InChI is InChI=1S/C14H23NO2S/c1-7-17-12(16)14(5,6)10-9-18-11(15-10)8-13(2,3)4/h9H,7-8H2,1-6H3. The molecule has 0 N–H and O–H groups in total. The molecular formula is C14H23NO2S. The van der Waals surface area contributed by atoms with Gasteiger partial charge in [0.1, 0.15) is 5.41 Å². The van der Waals surface area contributed by atoms with Gasteiger partial charge in [0.05, 0.1) is 17.3 Å². The van der Waals surface area contributed by atoms with Gasteiger partial charge in [-0.1, -0.05) is 20.8 Å². The van der Waals surface area contributed by atoms with Crippen LogP contribution in [0.25, 0.3) is 0 Å². The molecule has 1 heterocycles. The fourth-order valence-electron chi connectivity index (χ4n) is 1.55. The van der Waals surface area contributed by atoms with Crippen molar-refractivity contribution in [2.45, 2.75) is 53.4 Å². The zero-order valence-electron chi connectivity index (χ0n) is 12.2. The van der Waals surface area contributed by atoms with Gasteiger partial charge in [0.2, 0.25) is 0 Å². The Bertz CT molecular complexity index is 416. The Labute approximate surface area is 114 Å². The van der Waals surface area contributed by atoms with Crippen LogP contribution in [0.2, 0.25) is 0 Å². The Kier molecular flexibility index (Phi) is 4.54. The van der Waals surface area contributed by atoms with Crippen molar-refractivity contribution in [1.29, 1.82) is 0 Å². The van der Waals surface area contributed by atoms with Crippen molar-refractivity contribution >= 4 is 17.3 Å². The number of rotatable bonds is 4. The molecule has 1 aromatic rings. The zero-order chi connectivity index (χ0) is 14.0. The zero-order valence-corrected chi connectivity index (χ0v) is 13.0. The summed E-state index contributed by atoms with van der Waals surface area (Å²) >= 11 is 1.62. The summed E-state index contributed by atoms with van der Waals surface area (Å²) in [5.74, 6) is -0.211. The molecule has 0 unspecified atom stereocenters. The third-order valence-corrected chi connectivity index (χ3v) is 3.51. The number of esters is 1. The van der Waals surface area contributed by atoms with E-state index in [1.165, 1.54) is 0 Å². The number of hydrogen-bond donors (Lipinski definition) is 0. The van der Waals surface area contributed by atoms with Crippen molar-refractivity contribution in [3.05, 3.63) is 16.1 Å². The first-order valence-electron chi connectivity index (χ1n) is 6.29. The molecule has 0 aliphatic carbocycles. The first kappa shape index (κ1) is 15.2. The van der Waals surface area contributed by atoms with E-state index in [-0.39, 0.29) is 11.4 Å². The Morgan fingerprint density at radius 3 is 2.44 bits per heavy atom. The lowest BCUT2D eigenvalue weighted by atomic mass is 9.90. The highest BCUT2D eigenvalue weighted by molar-refractivity contribution is 7.09. The van der Waals surface area contributed by atoms with Crippen molar-refractivity contribution in [1.82, 2.24) is 4.98 Å². The van der Waals surface area contributed by atoms with E-state index in [0.29, 0.717) is 6.61 Å². The van der Waals surface area contributed by atoms with E-state index in [9.17, 15) is 4.79 Å². The van der Waals surface area contributed by atoms with E-state index in [1.807, 2.05) is 26.2 Å². The molecule has 0 aliphatic rings. The quantitative estimate of drug-likeness (QED) is 0.784. The van der Waals surface area contributed by atoms with Crippen LogP contribution in [-0.2, 0) is 21.4 Å². The van der Waals surface area contributed by atoms with Crippen LogP contribution < -0.4 is 0 Å². The summed E-state index contributed by atoms with van der Waals surface area (Å²) in [7, 11) is 0. The monoisotopic (exact) mass is 269 g/mol. The molecule has 1 aromatic heterocycles. The summed E-state index contributed by atoms with van der Waals surface area (Å²) in [6, 6.07) is 0. The van der Waals surface area contributed by atoms with Crippen LogP contribution in [0.1, 0.15) is 52.2 Å². The number of carbonyl (C=O) groups excluding carboxylic acids is 1. The molecule has 1 rings (SSSR count). The lowest BCUT2D eigenvalue weighted by Crippen LogP contribution is -2.31. The molecular weight excluding hydrogens is 246 g/mol. The number of ether oxygens (including phenoxy) is 1. The van der Waals surface area contributed by atoms with Gasteiger partial charge in [-0.2, -0.15) is 0 Å². The highest BCUT2D eigenvalue weighted by Gasteiger charge is 2.34. The van der Waals surface area contributed by atoms with Crippen LogP contribution in [-0.4, -0.2) is 17.6 Å². The summed E-state index contributed by atoms with van der Waals surface area (Å²) in [6.07, 6.45) is 0.927. The summed E-state index contributed by atoms with van der Waals surface area (Å²) in [4.78, 5) is 16.5. The van der Waals surface area contributed by atoms with E-state index in [4.69, 9.17) is 4.74 Å². The molecule has 0 spiro atoms. The molecule has 3 nitrogen and oxygen atoms in total. The summed E-state index contributed by atoms with van der Waals surface area (Å²) in [5, 5.41) is 3.05. The minimum absolute atomic E-state index is 0.211. The van der Waals surface area contributed by atoms with Crippen LogP contribution in [0, 0.1) is 5.41 Å². The van der Waals surface area contributed by atoms with Crippen molar-refractivity contribution in [3.63, 3.8) is 0 Å². The molecule has 18 heavy (non-hydrogen) atoms. The number of carbonyl (C=O) groups is 1. The molecule has 0 bridgehead atoms. The maximum atomic E-state index is 11.9. The van der Waals surface area contributed by atoms with Gasteiger partial charge in [0.15, 0.2) is 0 Å². The minimum atomic E-state index is -0.664. The molecule has 0 amide bonds. The lowest BCUT2D eigenvalue weighted by Gasteiger charge is -2.20. The molecule has 0 radical (unpaired) electrons. The average molecular weight is 269 g/mol. The maximum Gasteiger partial charge on any atom is 0.317 e. The molecule has 0 aliphatic heterocycles. The second kappa shape index (κ2) is 5.39. The molecule has 102 valence electrons. The Morgan fingerprint density at radius 1 is 1.33 bits per heavy atom. The van der Waals surface area contributed by atoms with Crippen molar-refractivity contribution in [2.75, 3.05) is 6.61 Å². The largest absolute Gasteiger partial charge is 0.465 e. The van der Waals surface area contributed by atoms with Gasteiger partial charge in [-0.3, -0.25) is 4.79 Å². The third-order valence-electron chi connectivity index (χ3n) is 2.66. The Hall–Kier alpha value is -0.900. The predicted molar refractivity (Wildman–Crippen MR) is 74.9 cm³/mol. The smallest absolute Gasteiger partial charge is 0.317 e. The van der Waals surface area contributed by atoms with Crippen molar-refractivity contribution in [2.24, 2.45) is 5.41 Å². The van der Waals surface area contributed by atoms with Gasteiger partial charge in [-0.15, -0.1) is 11.3 Å². The van der Waals surface area contributed by atoms with Gasteiger partial charge in [-0.05, 0) is 26.2 Å². The molecule has 4 heteroatoms. The Balaban J connectivity index is 2.88. The number of hydrogen-bond acceptors (Lipinski definition) is 4. The first-order valence-corrected chi connectivity index (χ1v) is 7.17. The molecule has 0 saturated heterocycles. The molecule has 0 aromatic carbocycles. The van der Waals surface area contributed by atoms with Gasteiger partial charge in [-0.25, -0.2) is 4.98 Å². The van der Waals surface area contributed by atoms with E-state index < -0.39 is 5.41 Å². The Morgan fingerprint density at radius 2 is 1.94 bits per heavy atom. The van der Waals surface area contributed by atoms with Crippen LogP contribution in [0.15, 0.2) is 5.38 Å². The molecule has 0 fully saturated rings. The van der Waals surface area contributed by atoms with Crippen LogP contribution in [0.5, 0.6) is 0 Å². The summed E-state index contributed by atoms with van der Waals surface area (Å²) in [5.41, 5.74) is 0.358.